The van der Waals surface area contributed by atoms with Crippen LogP contribution >= 0.6 is 11.6 Å². The largest absolute Gasteiger partial charge is 0.369 e. The monoisotopic (exact) mass is 494 g/mol. The number of aromatic nitrogens is 4. The van der Waals surface area contributed by atoms with Gasteiger partial charge in [0.1, 0.15) is 23.3 Å². The lowest BCUT2D eigenvalue weighted by atomic mass is 10.2. The van der Waals surface area contributed by atoms with Gasteiger partial charge in [-0.25, -0.2) is 23.7 Å². The van der Waals surface area contributed by atoms with E-state index in [-0.39, 0.29) is 16.4 Å². The summed E-state index contributed by atoms with van der Waals surface area (Å²) in [5, 5.41) is 9.38. The Morgan fingerprint density at radius 1 is 0.829 bits per heavy atom. The van der Waals surface area contributed by atoms with Crippen LogP contribution in [0.4, 0.5) is 37.7 Å². The Kier molecular flexibility index (Phi) is 6.64. The van der Waals surface area contributed by atoms with Crippen molar-refractivity contribution >= 4 is 40.6 Å². The minimum Gasteiger partial charge on any atom is -0.369 e. The highest BCUT2D eigenvalue weighted by atomic mass is 35.5. The summed E-state index contributed by atoms with van der Waals surface area (Å²) in [7, 11) is 0. The first-order valence-electron chi connectivity index (χ1n) is 11.0. The van der Waals surface area contributed by atoms with E-state index in [2.05, 4.69) is 52.9 Å². The van der Waals surface area contributed by atoms with Gasteiger partial charge in [0, 0.05) is 56.0 Å². The van der Waals surface area contributed by atoms with Gasteiger partial charge in [0.2, 0.25) is 5.95 Å². The molecule has 4 aromatic rings. The summed E-state index contributed by atoms with van der Waals surface area (Å²) in [5.74, 6) is -0.341. The maximum atomic E-state index is 14.2. The van der Waals surface area contributed by atoms with Gasteiger partial charge in [-0.05, 0) is 42.5 Å². The quantitative estimate of drug-likeness (QED) is 0.330. The highest BCUT2D eigenvalue weighted by Gasteiger charge is 2.14. The molecular formula is C24H21ClF2N8. The number of hydrogen-bond acceptors (Lipinski definition) is 8. The van der Waals surface area contributed by atoms with Crippen LogP contribution in [-0.4, -0.2) is 46.1 Å². The number of anilines is 5. The molecule has 2 aromatic heterocycles. The van der Waals surface area contributed by atoms with Crippen LogP contribution in [0.5, 0.6) is 0 Å². The second kappa shape index (κ2) is 10.2. The maximum Gasteiger partial charge on any atom is 0.229 e. The SMILES string of the molecule is Fc1cc(F)c(-c2nccc(Nc3ccnc(Nc4ccc(N5CCNCC5)cc4)n3)n2)cc1Cl. The molecule has 1 saturated heterocycles. The third kappa shape index (κ3) is 5.44. The fourth-order valence-corrected chi connectivity index (χ4v) is 3.84. The minimum absolute atomic E-state index is 0.00523. The number of nitrogens with zero attached hydrogens (tertiary/aromatic N) is 5. The van der Waals surface area contributed by atoms with Gasteiger partial charge in [-0.1, -0.05) is 11.6 Å². The van der Waals surface area contributed by atoms with Crippen molar-refractivity contribution in [3.05, 3.63) is 77.6 Å². The molecule has 2 aromatic carbocycles. The second-order valence-corrected chi connectivity index (χ2v) is 8.22. The summed E-state index contributed by atoms with van der Waals surface area (Å²) < 4.78 is 27.7. The van der Waals surface area contributed by atoms with Crippen LogP contribution in [-0.2, 0) is 0 Å². The Balaban J connectivity index is 1.29. The van der Waals surface area contributed by atoms with Crippen molar-refractivity contribution < 1.29 is 8.78 Å². The van der Waals surface area contributed by atoms with Crippen molar-refractivity contribution in [2.24, 2.45) is 0 Å². The Bertz CT molecular complexity index is 1330. The first-order chi connectivity index (χ1) is 17.0. The van der Waals surface area contributed by atoms with Gasteiger partial charge in [0.25, 0.3) is 0 Å². The third-order valence-corrected chi connectivity index (χ3v) is 5.71. The van der Waals surface area contributed by atoms with Gasteiger partial charge in [-0.3, -0.25) is 0 Å². The molecule has 0 saturated carbocycles. The number of nitrogens with one attached hydrogen (secondary N) is 3. The van der Waals surface area contributed by atoms with Crippen molar-refractivity contribution in [3.8, 4) is 11.4 Å². The topological polar surface area (TPSA) is 90.9 Å². The zero-order valence-corrected chi connectivity index (χ0v) is 19.2. The van der Waals surface area contributed by atoms with Crippen molar-refractivity contribution in [1.29, 1.82) is 0 Å². The van der Waals surface area contributed by atoms with Crippen LogP contribution in [0.2, 0.25) is 5.02 Å². The molecule has 8 nitrogen and oxygen atoms in total. The Morgan fingerprint density at radius 3 is 2.31 bits per heavy atom. The predicted molar refractivity (Wildman–Crippen MR) is 133 cm³/mol. The standard InChI is InChI=1S/C24H21ClF2N8/c25-18-13-17(19(26)14-20(18)27)23-29-7-5-21(33-23)32-22-6-8-30-24(34-22)31-15-1-3-16(4-2-15)35-11-9-28-10-12-35/h1-8,13-14,28H,9-12H2,(H2,29,30,31,32,33,34). The minimum atomic E-state index is -0.846. The third-order valence-electron chi connectivity index (χ3n) is 5.42. The van der Waals surface area contributed by atoms with E-state index < -0.39 is 11.6 Å². The van der Waals surface area contributed by atoms with E-state index in [1.165, 1.54) is 11.9 Å². The first kappa shape index (κ1) is 22.9. The number of hydrogen-bond donors (Lipinski definition) is 3. The average Bonchev–Trinajstić information content (AvgIpc) is 2.88. The lowest BCUT2D eigenvalue weighted by Crippen LogP contribution is -2.43. The molecule has 3 heterocycles. The van der Waals surface area contributed by atoms with Crippen molar-refractivity contribution in [3.63, 3.8) is 0 Å². The Morgan fingerprint density at radius 2 is 1.54 bits per heavy atom. The van der Waals surface area contributed by atoms with Gasteiger partial charge >= 0.3 is 0 Å². The molecule has 0 bridgehead atoms. The Hall–Kier alpha value is -3.89. The average molecular weight is 495 g/mol. The molecule has 1 aliphatic rings. The van der Waals surface area contributed by atoms with E-state index in [0.29, 0.717) is 23.7 Å². The number of benzene rings is 2. The fraction of sp³-hybridized carbons (Fsp3) is 0.167. The number of halogens is 3. The molecule has 5 rings (SSSR count). The van der Waals surface area contributed by atoms with E-state index in [4.69, 9.17) is 11.6 Å². The predicted octanol–water partition coefficient (Wildman–Crippen LogP) is 4.76. The van der Waals surface area contributed by atoms with E-state index in [0.717, 1.165) is 37.9 Å². The normalized spacial score (nSPS) is 13.5. The Labute approximate surface area is 205 Å². The van der Waals surface area contributed by atoms with Crippen LogP contribution in [0, 0.1) is 11.6 Å². The first-order valence-corrected chi connectivity index (χ1v) is 11.3. The van der Waals surface area contributed by atoms with Crippen LogP contribution < -0.4 is 20.9 Å². The molecule has 1 fully saturated rings. The molecule has 35 heavy (non-hydrogen) atoms. The van der Waals surface area contributed by atoms with Crippen LogP contribution in [0.3, 0.4) is 0 Å². The van der Waals surface area contributed by atoms with E-state index in [1.54, 1.807) is 18.3 Å². The van der Waals surface area contributed by atoms with Crippen molar-refractivity contribution in [2.45, 2.75) is 0 Å². The van der Waals surface area contributed by atoms with Crippen LogP contribution in [0.15, 0.2) is 60.9 Å². The van der Waals surface area contributed by atoms with Crippen molar-refractivity contribution in [1.82, 2.24) is 25.3 Å². The molecule has 178 valence electrons. The number of piperazine rings is 1. The summed E-state index contributed by atoms with van der Waals surface area (Å²) in [4.78, 5) is 19.4. The highest BCUT2D eigenvalue weighted by molar-refractivity contribution is 6.31. The zero-order chi connectivity index (χ0) is 24.2. The molecule has 0 unspecified atom stereocenters. The highest BCUT2D eigenvalue weighted by Crippen LogP contribution is 2.27. The lowest BCUT2D eigenvalue weighted by Gasteiger charge is -2.29. The van der Waals surface area contributed by atoms with Gasteiger partial charge in [-0.2, -0.15) is 4.98 Å². The van der Waals surface area contributed by atoms with E-state index in [1.807, 2.05) is 12.1 Å². The summed E-state index contributed by atoms with van der Waals surface area (Å²) in [6, 6.07) is 13.3. The molecule has 0 spiro atoms. The van der Waals surface area contributed by atoms with Crippen LogP contribution in [0.25, 0.3) is 11.4 Å². The van der Waals surface area contributed by atoms with Gasteiger partial charge < -0.3 is 20.9 Å². The summed E-state index contributed by atoms with van der Waals surface area (Å²) >= 11 is 5.80. The van der Waals surface area contributed by atoms with Gasteiger partial charge in [-0.15, -0.1) is 0 Å². The second-order valence-electron chi connectivity index (χ2n) is 7.81. The molecule has 11 heteroatoms. The summed E-state index contributed by atoms with van der Waals surface area (Å²) in [6.07, 6.45) is 3.07. The molecule has 0 amide bonds. The lowest BCUT2D eigenvalue weighted by molar-refractivity contribution is 0.585. The van der Waals surface area contributed by atoms with Crippen molar-refractivity contribution in [2.75, 3.05) is 41.7 Å². The molecule has 3 N–H and O–H groups in total. The number of rotatable bonds is 6. The fourth-order valence-electron chi connectivity index (χ4n) is 3.68. The van der Waals surface area contributed by atoms with E-state index in [9.17, 15) is 8.78 Å². The maximum absolute atomic E-state index is 14.2. The summed E-state index contributed by atoms with van der Waals surface area (Å²) in [5.41, 5.74) is 2.02. The van der Waals surface area contributed by atoms with Gasteiger partial charge in [0.05, 0.1) is 10.6 Å². The van der Waals surface area contributed by atoms with Gasteiger partial charge in [0.15, 0.2) is 5.82 Å². The zero-order valence-electron chi connectivity index (χ0n) is 18.5. The molecule has 0 aliphatic carbocycles. The molecule has 1 aliphatic heterocycles. The smallest absolute Gasteiger partial charge is 0.229 e. The molecule has 0 atom stereocenters. The molecule has 0 radical (unpaired) electrons. The summed E-state index contributed by atoms with van der Waals surface area (Å²) in [6.45, 7) is 3.92. The van der Waals surface area contributed by atoms with E-state index >= 15 is 0 Å². The molecular weight excluding hydrogens is 474 g/mol. The van der Waals surface area contributed by atoms with Crippen LogP contribution in [0.1, 0.15) is 0 Å².